The maximum Gasteiger partial charge on any atom is 0.308 e. The van der Waals surface area contributed by atoms with Crippen LogP contribution in [0.2, 0.25) is 0 Å². The number of carbonyl (C=O) groups excluding carboxylic acids is 1. The lowest BCUT2D eigenvalue weighted by atomic mass is 9.98. The standard InChI is InChI=1S/C13H13F3N2O3/c1-7-2-4-17(5-3-7)13(19)8-6-9(18(20)21)11(15)12(16)10(8)14/h6-7H,2-5H2,1H3. The maximum absolute atomic E-state index is 13.7. The molecule has 1 saturated heterocycles. The Morgan fingerprint density at radius 1 is 1.24 bits per heavy atom. The van der Waals surface area contributed by atoms with Gasteiger partial charge in [0.15, 0.2) is 5.82 Å². The zero-order chi connectivity index (χ0) is 15.7. The molecule has 1 amide bonds. The predicted molar refractivity (Wildman–Crippen MR) is 67.3 cm³/mol. The number of piperidine rings is 1. The Kier molecular flexibility index (Phi) is 4.15. The highest BCUT2D eigenvalue weighted by atomic mass is 19.2. The number of hydrogen-bond acceptors (Lipinski definition) is 3. The summed E-state index contributed by atoms with van der Waals surface area (Å²) in [5, 5.41) is 10.6. The van der Waals surface area contributed by atoms with Crippen LogP contribution in [0.5, 0.6) is 0 Å². The number of hydrogen-bond donors (Lipinski definition) is 0. The lowest BCUT2D eigenvalue weighted by Gasteiger charge is -2.30. The second-order valence-corrected chi connectivity index (χ2v) is 5.12. The van der Waals surface area contributed by atoms with E-state index in [9.17, 15) is 28.1 Å². The molecule has 114 valence electrons. The molecule has 0 aliphatic carbocycles. The second kappa shape index (κ2) is 5.71. The van der Waals surface area contributed by atoms with E-state index >= 15 is 0 Å². The van der Waals surface area contributed by atoms with Gasteiger partial charge >= 0.3 is 5.69 Å². The molecular formula is C13H13F3N2O3. The summed E-state index contributed by atoms with van der Waals surface area (Å²) in [6.07, 6.45) is 1.41. The molecule has 2 rings (SSSR count). The molecule has 5 nitrogen and oxygen atoms in total. The average molecular weight is 302 g/mol. The highest BCUT2D eigenvalue weighted by molar-refractivity contribution is 5.95. The molecule has 0 atom stereocenters. The third-order valence-electron chi connectivity index (χ3n) is 3.63. The van der Waals surface area contributed by atoms with Crippen molar-refractivity contribution in [1.29, 1.82) is 0 Å². The molecule has 0 saturated carbocycles. The number of benzene rings is 1. The van der Waals surface area contributed by atoms with Crippen molar-refractivity contribution in [2.45, 2.75) is 19.8 Å². The van der Waals surface area contributed by atoms with Crippen molar-refractivity contribution in [3.63, 3.8) is 0 Å². The fourth-order valence-corrected chi connectivity index (χ4v) is 2.26. The number of halogens is 3. The maximum atomic E-state index is 13.7. The third kappa shape index (κ3) is 2.84. The summed E-state index contributed by atoms with van der Waals surface area (Å²) in [7, 11) is 0. The summed E-state index contributed by atoms with van der Waals surface area (Å²) in [6, 6.07) is 0.452. The molecule has 1 aliphatic rings. The molecule has 0 aromatic heterocycles. The first-order chi connectivity index (χ1) is 9.82. The molecule has 1 aromatic carbocycles. The van der Waals surface area contributed by atoms with Crippen LogP contribution in [0.3, 0.4) is 0 Å². The second-order valence-electron chi connectivity index (χ2n) is 5.12. The van der Waals surface area contributed by atoms with Gasteiger partial charge in [-0.05, 0) is 18.8 Å². The zero-order valence-electron chi connectivity index (χ0n) is 11.2. The smallest absolute Gasteiger partial charge is 0.308 e. The molecule has 21 heavy (non-hydrogen) atoms. The van der Waals surface area contributed by atoms with Crippen molar-refractivity contribution < 1.29 is 22.9 Å². The van der Waals surface area contributed by atoms with Crippen LogP contribution in [0.4, 0.5) is 18.9 Å². The van der Waals surface area contributed by atoms with E-state index in [4.69, 9.17) is 0 Å². The lowest BCUT2D eigenvalue weighted by molar-refractivity contribution is -0.387. The van der Waals surface area contributed by atoms with E-state index in [1.165, 1.54) is 4.90 Å². The minimum atomic E-state index is -2.00. The van der Waals surface area contributed by atoms with Crippen molar-refractivity contribution >= 4 is 11.6 Å². The van der Waals surface area contributed by atoms with Crippen molar-refractivity contribution in [3.8, 4) is 0 Å². The van der Waals surface area contributed by atoms with Crippen LogP contribution >= 0.6 is 0 Å². The highest BCUT2D eigenvalue weighted by Crippen LogP contribution is 2.27. The third-order valence-corrected chi connectivity index (χ3v) is 3.63. The van der Waals surface area contributed by atoms with Crippen LogP contribution < -0.4 is 0 Å². The summed E-state index contributed by atoms with van der Waals surface area (Å²) in [6.45, 7) is 2.71. The average Bonchev–Trinajstić information content (AvgIpc) is 2.45. The molecule has 8 heteroatoms. The van der Waals surface area contributed by atoms with Gasteiger partial charge in [-0.2, -0.15) is 4.39 Å². The van der Waals surface area contributed by atoms with E-state index in [0.29, 0.717) is 37.9 Å². The predicted octanol–water partition coefficient (Wildman–Crippen LogP) is 2.88. The van der Waals surface area contributed by atoms with Crippen molar-refractivity contribution in [1.82, 2.24) is 4.90 Å². The SMILES string of the molecule is CC1CCN(C(=O)c2cc([N+](=O)[O-])c(F)c(F)c2F)CC1. The number of nitro benzene ring substituents is 1. The molecule has 0 spiro atoms. The summed E-state index contributed by atoms with van der Waals surface area (Å²) in [4.78, 5) is 22.9. The van der Waals surface area contributed by atoms with Crippen LogP contribution in [0.15, 0.2) is 6.07 Å². The molecule has 1 aliphatic heterocycles. The van der Waals surface area contributed by atoms with Crippen molar-refractivity contribution in [2.75, 3.05) is 13.1 Å². The van der Waals surface area contributed by atoms with Gasteiger partial charge < -0.3 is 4.90 Å². The first kappa shape index (κ1) is 15.3. The number of amides is 1. The topological polar surface area (TPSA) is 63.5 Å². The Balaban J connectivity index is 2.39. The minimum absolute atomic E-state index is 0.353. The van der Waals surface area contributed by atoms with Crippen LogP contribution in [-0.4, -0.2) is 28.8 Å². The molecular weight excluding hydrogens is 289 g/mol. The van der Waals surface area contributed by atoms with E-state index in [0.717, 1.165) is 0 Å². The quantitative estimate of drug-likeness (QED) is 0.479. The van der Waals surface area contributed by atoms with Gasteiger partial charge in [-0.15, -0.1) is 0 Å². The van der Waals surface area contributed by atoms with Gasteiger partial charge in [0, 0.05) is 19.2 Å². The molecule has 0 radical (unpaired) electrons. The summed E-state index contributed by atoms with van der Waals surface area (Å²) >= 11 is 0. The molecule has 0 bridgehead atoms. The number of likely N-dealkylation sites (tertiary alicyclic amines) is 1. The normalized spacial score (nSPS) is 16.1. The first-order valence-corrected chi connectivity index (χ1v) is 6.44. The van der Waals surface area contributed by atoms with Crippen molar-refractivity contribution in [2.24, 2.45) is 5.92 Å². The first-order valence-electron chi connectivity index (χ1n) is 6.44. The summed E-state index contributed by atoms with van der Waals surface area (Å²) in [5.74, 6) is -6.04. The van der Waals surface area contributed by atoms with Gasteiger partial charge in [-0.1, -0.05) is 6.92 Å². The Bertz CT molecular complexity index is 599. The molecule has 1 aromatic rings. The fraction of sp³-hybridized carbons (Fsp3) is 0.462. The van der Waals surface area contributed by atoms with Gasteiger partial charge in [-0.25, -0.2) is 8.78 Å². The number of carbonyl (C=O) groups is 1. The van der Waals surface area contributed by atoms with Gasteiger partial charge in [0.2, 0.25) is 11.6 Å². The fourth-order valence-electron chi connectivity index (χ4n) is 2.26. The monoisotopic (exact) mass is 302 g/mol. The molecule has 1 fully saturated rings. The van der Waals surface area contributed by atoms with Crippen LogP contribution in [-0.2, 0) is 0 Å². The van der Waals surface area contributed by atoms with Gasteiger partial charge in [0.1, 0.15) is 0 Å². The number of nitro groups is 1. The Hall–Kier alpha value is -2.12. The lowest BCUT2D eigenvalue weighted by Crippen LogP contribution is -2.38. The van der Waals surface area contributed by atoms with E-state index in [1.807, 2.05) is 6.92 Å². The van der Waals surface area contributed by atoms with E-state index in [2.05, 4.69) is 0 Å². The van der Waals surface area contributed by atoms with E-state index in [-0.39, 0.29) is 0 Å². The van der Waals surface area contributed by atoms with E-state index < -0.39 is 39.5 Å². The van der Waals surface area contributed by atoms with Gasteiger partial charge in [0.25, 0.3) is 5.91 Å². The largest absolute Gasteiger partial charge is 0.339 e. The number of nitrogens with zero attached hydrogens (tertiary/aromatic N) is 2. The number of rotatable bonds is 2. The van der Waals surface area contributed by atoms with Crippen molar-refractivity contribution in [3.05, 3.63) is 39.2 Å². The zero-order valence-corrected chi connectivity index (χ0v) is 11.2. The highest BCUT2D eigenvalue weighted by Gasteiger charge is 2.31. The van der Waals surface area contributed by atoms with Crippen LogP contribution in [0.25, 0.3) is 0 Å². The summed E-state index contributed by atoms with van der Waals surface area (Å²) < 4.78 is 40.3. The Morgan fingerprint density at radius 2 is 1.81 bits per heavy atom. The summed E-state index contributed by atoms with van der Waals surface area (Å²) in [5.41, 5.74) is -2.06. The van der Waals surface area contributed by atoms with Gasteiger partial charge in [0.05, 0.1) is 10.5 Å². The Morgan fingerprint density at radius 3 is 2.33 bits per heavy atom. The van der Waals surface area contributed by atoms with E-state index in [1.54, 1.807) is 0 Å². The van der Waals surface area contributed by atoms with Crippen LogP contribution in [0.1, 0.15) is 30.1 Å². The minimum Gasteiger partial charge on any atom is -0.339 e. The Labute approximate surface area is 118 Å². The molecule has 0 N–H and O–H groups in total. The molecule has 0 unspecified atom stereocenters. The van der Waals surface area contributed by atoms with Gasteiger partial charge in [-0.3, -0.25) is 14.9 Å². The molecule has 1 heterocycles. The van der Waals surface area contributed by atoms with Crippen LogP contribution in [0, 0.1) is 33.5 Å².